The second-order valence-electron chi connectivity index (χ2n) is 6.92. The van der Waals surface area contributed by atoms with Crippen molar-refractivity contribution >= 4 is 0 Å². The van der Waals surface area contributed by atoms with Gasteiger partial charge in [0, 0.05) is 51.2 Å². The van der Waals surface area contributed by atoms with Crippen molar-refractivity contribution in [1.29, 1.82) is 0 Å². The van der Waals surface area contributed by atoms with Crippen molar-refractivity contribution < 1.29 is 0 Å². The van der Waals surface area contributed by atoms with Gasteiger partial charge >= 0.3 is 0 Å². The Balaban J connectivity index is 1.30. The van der Waals surface area contributed by atoms with E-state index in [4.69, 9.17) is 0 Å². The lowest BCUT2D eigenvalue weighted by Crippen LogP contribution is -2.51. The molecule has 3 atom stereocenters. The summed E-state index contributed by atoms with van der Waals surface area (Å²) in [6, 6.07) is 5.16. The molecule has 0 N–H and O–H groups in total. The Kier molecular flexibility index (Phi) is 3.49. The molecule has 1 aromatic rings. The Bertz CT molecular complexity index is 439. The number of piperazine rings is 1. The summed E-state index contributed by atoms with van der Waals surface area (Å²) in [6.45, 7) is 6.06. The quantitative estimate of drug-likeness (QED) is 0.841. The maximum atomic E-state index is 4.22. The molecule has 0 aromatic carbocycles. The molecule has 108 valence electrons. The smallest absolute Gasteiger partial charge is 0.0312 e. The van der Waals surface area contributed by atoms with Crippen LogP contribution in [-0.2, 0) is 6.54 Å². The molecule has 1 aliphatic heterocycles. The maximum Gasteiger partial charge on any atom is 0.0312 e. The van der Waals surface area contributed by atoms with E-state index in [0.717, 1.165) is 24.4 Å². The van der Waals surface area contributed by atoms with Gasteiger partial charge in [-0.2, -0.15) is 0 Å². The van der Waals surface area contributed by atoms with Gasteiger partial charge in [-0.1, -0.05) is 12.5 Å². The van der Waals surface area contributed by atoms with Crippen LogP contribution >= 0.6 is 0 Å². The molecule has 2 saturated carbocycles. The Morgan fingerprint density at radius 1 is 1.10 bits per heavy atom. The molecule has 0 spiro atoms. The SMILES string of the molecule is c1cncc(CN2CCN([C@@H]3C[C@H]4CC[C@H]3C4)CC2)c1. The first-order valence-electron chi connectivity index (χ1n) is 8.24. The normalized spacial score (nSPS) is 34.7. The maximum absolute atomic E-state index is 4.22. The third kappa shape index (κ3) is 2.49. The minimum atomic E-state index is 0.925. The molecular formula is C17H25N3. The number of rotatable bonds is 3. The van der Waals surface area contributed by atoms with Gasteiger partial charge in [-0.05, 0) is 42.7 Å². The van der Waals surface area contributed by atoms with Crippen molar-refractivity contribution in [3.8, 4) is 0 Å². The van der Waals surface area contributed by atoms with Crippen LogP contribution in [0.4, 0.5) is 0 Å². The minimum absolute atomic E-state index is 0.925. The number of nitrogens with zero attached hydrogens (tertiary/aromatic N) is 3. The van der Waals surface area contributed by atoms with Gasteiger partial charge in [0.2, 0.25) is 0 Å². The number of hydrogen-bond donors (Lipinski definition) is 0. The summed E-state index contributed by atoms with van der Waals surface area (Å²) >= 11 is 0. The van der Waals surface area contributed by atoms with Crippen molar-refractivity contribution in [2.24, 2.45) is 11.8 Å². The predicted molar refractivity (Wildman–Crippen MR) is 80.3 cm³/mol. The molecule has 2 heterocycles. The Morgan fingerprint density at radius 2 is 2.00 bits per heavy atom. The molecule has 3 nitrogen and oxygen atoms in total. The van der Waals surface area contributed by atoms with Crippen LogP contribution in [-0.4, -0.2) is 47.0 Å². The zero-order valence-corrected chi connectivity index (χ0v) is 12.2. The van der Waals surface area contributed by atoms with Crippen molar-refractivity contribution in [3.63, 3.8) is 0 Å². The second-order valence-corrected chi connectivity index (χ2v) is 6.92. The molecule has 3 fully saturated rings. The van der Waals surface area contributed by atoms with Crippen molar-refractivity contribution in [2.75, 3.05) is 26.2 Å². The van der Waals surface area contributed by atoms with Gasteiger partial charge in [0.25, 0.3) is 0 Å². The van der Waals surface area contributed by atoms with Crippen LogP contribution < -0.4 is 0 Å². The molecule has 3 heteroatoms. The van der Waals surface area contributed by atoms with E-state index >= 15 is 0 Å². The predicted octanol–water partition coefficient (Wildman–Crippen LogP) is 2.39. The highest BCUT2D eigenvalue weighted by Gasteiger charge is 2.42. The molecular weight excluding hydrogens is 246 g/mol. The number of pyridine rings is 1. The molecule has 2 aliphatic carbocycles. The summed E-state index contributed by atoms with van der Waals surface area (Å²) in [7, 11) is 0. The highest BCUT2D eigenvalue weighted by molar-refractivity contribution is 5.08. The lowest BCUT2D eigenvalue weighted by atomic mass is 9.93. The minimum Gasteiger partial charge on any atom is -0.298 e. The fourth-order valence-corrected chi connectivity index (χ4v) is 4.66. The van der Waals surface area contributed by atoms with Crippen molar-refractivity contribution in [2.45, 2.75) is 38.3 Å². The van der Waals surface area contributed by atoms with E-state index in [1.54, 1.807) is 0 Å². The van der Waals surface area contributed by atoms with E-state index in [-0.39, 0.29) is 0 Å². The Labute approximate surface area is 122 Å². The summed E-state index contributed by atoms with van der Waals surface area (Å²) in [5, 5.41) is 0. The largest absolute Gasteiger partial charge is 0.298 e. The third-order valence-electron chi connectivity index (χ3n) is 5.71. The van der Waals surface area contributed by atoms with Crippen molar-refractivity contribution in [1.82, 2.24) is 14.8 Å². The number of hydrogen-bond acceptors (Lipinski definition) is 3. The first-order valence-corrected chi connectivity index (χ1v) is 8.24. The average molecular weight is 271 g/mol. The van der Waals surface area contributed by atoms with Gasteiger partial charge in [-0.15, -0.1) is 0 Å². The fourth-order valence-electron chi connectivity index (χ4n) is 4.66. The van der Waals surface area contributed by atoms with Crippen LogP contribution in [0.5, 0.6) is 0 Å². The molecule has 3 aliphatic rings. The van der Waals surface area contributed by atoms with E-state index in [0.29, 0.717) is 0 Å². The number of aromatic nitrogens is 1. The van der Waals surface area contributed by atoms with Gasteiger partial charge in [0.15, 0.2) is 0 Å². The molecule has 0 radical (unpaired) electrons. The van der Waals surface area contributed by atoms with E-state index in [2.05, 4.69) is 20.9 Å². The second kappa shape index (κ2) is 5.45. The summed E-state index contributed by atoms with van der Waals surface area (Å²) in [6.07, 6.45) is 9.90. The highest BCUT2D eigenvalue weighted by Crippen LogP contribution is 2.46. The molecule has 0 unspecified atom stereocenters. The molecule has 1 aromatic heterocycles. The van der Waals surface area contributed by atoms with Gasteiger partial charge < -0.3 is 0 Å². The van der Waals surface area contributed by atoms with Crippen LogP contribution in [0, 0.1) is 11.8 Å². The molecule has 2 bridgehead atoms. The zero-order valence-electron chi connectivity index (χ0n) is 12.2. The lowest BCUT2D eigenvalue weighted by molar-refractivity contribution is 0.0679. The van der Waals surface area contributed by atoms with E-state index in [9.17, 15) is 0 Å². The van der Waals surface area contributed by atoms with E-state index in [1.807, 2.05) is 18.5 Å². The van der Waals surface area contributed by atoms with Gasteiger partial charge in [-0.25, -0.2) is 0 Å². The van der Waals surface area contributed by atoms with E-state index < -0.39 is 0 Å². The summed E-state index contributed by atoms with van der Waals surface area (Å²) in [4.78, 5) is 9.60. The monoisotopic (exact) mass is 271 g/mol. The van der Waals surface area contributed by atoms with Crippen LogP contribution in [0.3, 0.4) is 0 Å². The average Bonchev–Trinajstić information content (AvgIpc) is 3.12. The van der Waals surface area contributed by atoms with Gasteiger partial charge in [0.1, 0.15) is 0 Å². The molecule has 1 saturated heterocycles. The van der Waals surface area contributed by atoms with Crippen LogP contribution in [0.25, 0.3) is 0 Å². The molecule has 20 heavy (non-hydrogen) atoms. The van der Waals surface area contributed by atoms with Gasteiger partial charge in [0.05, 0.1) is 0 Å². The third-order valence-corrected chi connectivity index (χ3v) is 5.71. The highest BCUT2D eigenvalue weighted by atomic mass is 15.3. The standard InChI is InChI=1S/C17H25N3/c1-2-15(12-18-5-1)13-19-6-8-20(9-7-19)17-11-14-3-4-16(17)10-14/h1-2,5,12,14,16-17H,3-4,6-11,13H2/t14-,16-,17+/m0/s1. The topological polar surface area (TPSA) is 19.4 Å². The molecule has 0 amide bonds. The zero-order chi connectivity index (χ0) is 13.4. The first-order chi connectivity index (χ1) is 9.88. The summed E-state index contributed by atoms with van der Waals surface area (Å²) in [5.74, 6) is 2.10. The Hall–Kier alpha value is -0.930. The van der Waals surface area contributed by atoms with E-state index in [1.165, 1.54) is 57.4 Å². The van der Waals surface area contributed by atoms with Crippen LogP contribution in [0.2, 0.25) is 0 Å². The van der Waals surface area contributed by atoms with Crippen LogP contribution in [0.15, 0.2) is 24.5 Å². The number of fused-ring (bicyclic) bond motifs is 2. The first kappa shape index (κ1) is 12.8. The fraction of sp³-hybridized carbons (Fsp3) is 0.706. The van der Waals surface area contributed by atoms with Gasteiger partial charge in [-0.3, -0.25) is 14.8 Å². The Morgan fingerprint density at radius 3 is 2.65 bits per heavy atom. The van der Waals surface area contributed by atoms with Crippen LogP contribution in [0.1, 0.15) is 31.2 Å². The van der Waals surface area contributed by atoms with Crippen molar-refractivity contribution in [3.05, 3.63) is 30.1 Å². The summed E-state index contributed by atoms with van der Waals surface area (Å²) < 4.78 is 0. The molecule has 4 rings (SSSR count). The lowest BCUT2D eigenvalue weighted by Gasteiger charge is -2.41. The summed E-state index contributed by atoms with van der Waals surface area (Å²) in [5.41, 5.74) is 1.35.